The van der Waals surface area contributed by atoms with E-state index in [-0.39, 0.29) is 24.5 Å². The van der Waals surface area contributed by atoms with E-state index in [9.17, 15) is 30.3 Å². The van der Waals surface area contributed by atoms with Crippen molar-refractivity contribution in [3.63, 3.8) is 0 Å². The number of esters is 1. The van der Waals surface area contributed by atoms with Gasteiger partial charge in [-0.3, -0.25) is 0 Å². The molecule has 0 saturated carbocycles. The number of carbonyl (C=O) groups excluding carboxylic acids is 1. The molecule has 0 aromatic rings. The summed E-state index contributed by atoms with van der Waals surface area (Å²) in [5, 5.41) is 49.0. The second kappa shape index (κ2) is 9.23. The largest absolute Gasteiger partial charge is 0.495 e. The van der Waals surface area contributed by atoms with Gasteiger partial charge in [0.05, 0.1) is 38.3 Å². The number of hydrogen-bond acceptors (Lipinski definition) is 11. The second-order valence-electron chi connectivity index (χ2n) is 7.49. The number of aliphatic hydroxyl groups is 5. The fraction of sp³-hybridized carbons (Fsp3) is 0.833. The van der Waals surface area contributed by atoms with E-state index in [0.717, 1.165) is 0 Å². The first-order valence-corrected chi connectivity index (χ1v) is 9.48. The van der Waals surface area contributed by atoms with E-state index in [0.29, 0.717) is 0 Å². The molecular weight excluding hydrogens is 392 g/mol. The lowest BCUT2D eigenvalue weighted by atomic mass is 9.74. The second-order valence-corrected chi connectivity index (χ2v) is 7.49. The number of fused-ring (bicyclic) bond motifs is 1. The molecule has 0 aromatic heterocycles. The van der Waals surface area contributed by atoms with Gasteiger partial charge in [0.25, 0.3) is 0 Å². The van der Waals surface area contributed by atoms with Crippen molar-refractivity contribution in [2.45, 2.75) is 62.5 Å². The first-order valence-electron chi connectivity index (χ1n) is 9.48. The molecular formula is C18H28O11. The molecule has 0 bridgehead atoms. The molecule has 11 heteroatoms. The fourth-order valence-electron chi connectivity index (χ4n) is 4.19. The van der Waals surface area contributed by atoms with Gasteiger partial charge in [-0.2, -0.15) is 0 Å². The van der Waals surface area contributed by atoms with Gasteiger partial charge in [-0.05, 0) is 6.92 Å². The minimum absolute atomic E-state index is 0.0986. The minimum atomic E-state index is -1.55. The van der Waals surface area contributed by atoms with Crippen molar-refractivity contribution in [3.05, 3.63) is 11.8 Å². The monoisotopic (exact) mass is 420 g/mol. The van der Waals surface area contributed by atoms with Crippen LogP contribution < -0.4 is 0 Å². The van der Waals surface area contributed by atoms with Gasteiger partial charge in [0.2, 0.25) is 0 Å². The summed E-state index contributed by atoms with van der Waals surface area (Å²) in [6, 6.07) is 0. The van der Waals surface area contributed by atoms with Gasteiger partial charge < -0.3 is 49.2 Å². The van der Waals surface area contributed by atoms with E-state index in [2.05, 4.69) is 0 Å². The highest BCUT2D eigenvalue weighted by molar-refractivity contribution is 5.88. The van der Waals surface area contributed by atoms with E-state index in [4.69, 9.17) is 23.7 Å². The molecule has 3 heterocycles. The number of aliphatic hydroxyl groups excluding tert-OH is 5. The molecule has 166 valence electrons. The Morgan fingerprint density at radius 3 is 2.52 bits per heavy atom. The average molecular weight is 420 g/mol. The van der Waals surface area contributed by atoms with E-state index >= 15 is 0 Å². The van der Waals surface area contributed by atoms with Crippen LogP contribution in [0, 0.1) is 11.8 Å². The number of hydrogen-bond donors (Lipinski definition) is 5. The summed E-state index contributed by atoms with van der Waals surface area (Å²) in [4.78, 5) is 12.1. The number of methoxy groups -OCH3 is 1. The van der Waals surface area contributed by atoms with E-state index in [1.807, 2.05) is 0 Å². The molecule has 11 nitrogen and oxygen atoms in total. The van der Waals surface area contributed by atoms with Crippen LogP contribution in [0.2, 0.25) is 0 Å². The van der Waals surface area contributed by atoms with Gasteiger partial charge in [0, 0.05) is 18.3 Å². The van der Waals surface area contributed by atoms with Crippen molar-refractivity contribution in [2.24, 2.45) is 11.8 Å². The van der Waals surface area contributed by atoms with Crippen molar-refractivity contribution >= 4 is 5.97 Å². The maximum Gasteiger partial charge on any atom is 0.337 e. The predicted octanol–water partition coefficient (Wildman–Crippen LogP) is -2.38. The van der Waals surface area contributed by atoms with Crippen LogP contribution in [0.3, 0.4) is 0 Å². The van der Waals surface area contributed by atoms with Gasteiger partial charge in [-0.15, -0.1) is 0 Å². The maximum absolute atomic E-state index is 12.1. The zero-order valence-electron chi connectivity index (χ0n) is 16.2. The summed E-state index contributed by atoms with van der Waals surface area (Å²) in [6.07, 6.45) is -7.62. The predicted molar refractivity (Wildman–Crippen MR) is 92.8 cm³/mol. The van der Waals surface area contributed by atoms with E-state index in [1.54, 1.807) is 6.92 Å². The van der Waals surface area contributed by atoms with Crippen LogP contribution in [0.25, 0.3) is 0 Å². The third-order valence-corrected chi connectivity index (χ3v) is 5.73. The number of rotatable bonds is 5. The molecule has 0 aliphatic carbocycles. The highest BCUT2D eigenvalue weighted by atomic mass is 16.7. The van der Waals surface area contributed by atoms with E-state index < -0.39 is 67.7 Å². The summed E-state index contributed by atoms with van der Waals surface area (Å²) in [7, 11) is 1.26. The average Bonchev–Trinajstić information content (AvgIpc) is 2.70. The molecule has 5 N–H and O–H groups in total. The lowest BCUT2D eigenvalue weighted by Crippen LogP contribution is -2.59. The normalized spacial score (nSPS) is 45.0. The Morgan fingerprint density at radius 1 is 1.14 bits per heavy atom. The van der Waals surface area contributed by atoms with Gasteiger partial charge in [0.15, 0.2) is 12.6 Å². The molecule has 0 unspecified atom stereocenters. The third kappa shape index (κ3) is 4.42. The third-order valence-electron chi connectivity index (χ3n) is 5.73. The minimum Gasteiger partial charge on any atom is -0.495 e. The lowest BCUT2D eigenvalue weighted by Gasteiger charge is -2.45. The van der Waals surface area contributed by atoms with Crippen molar-refractivity contribution < 1.29 is 54.0 Å². The maximum atomic E-state index is 12.1. The Bertz CT molecular complexity index is 609. The van der Waals surface area contributed by atoms with Crippen LogP contribution in [0.15, 0.2) is 11.8 Å². The zero-order valence-corrected chi connectivity index (χ0v) is 16.2. The fourth-order valence-corrected chi connectivity index (χ4v) is 4.19. The Labute approximate surface area is 167 Å². The number of ether oxygens (including phenoxy) is 5. The topological polar surface area (TPSA) is 164 Å². The smallest absolute Gasteiger partial charge is 0.337 e. The van der Waals surface area contributed by atoms with Gasteiger partial charge >= 0.3 is 5.97 Å². The molecule has 0 spiro atoms. The van der Waals surface area contributed by atoms with Crippen LogP contribution >= 0.6 is 0 Å². The molecule has 0 amide bonds. The highest BCUT2D eigenvalue weighted by Gasteiger charge is 2.49. The Hall–Kier alpha value is -1.31. The quantitative estimate of drug-likeness (QED) is 0.302. The molecule has 0 radical (unpaired) electrons. The zero-order chi connectivity index (χ0) is 21.3. The van der Waals surface area contributed by atoms with E-state index in [1.165, 1.54) is 13.4 Å². The molecule has 29 heavy (non-hydrogen) atoms. The molecule has 10 atom stereocenters. The summed E-state index contributed by atoms with van der Waals surface area (Å²) < 4.78 is 26.9. The van der Waals surface area contributed by atoms with Crippen LogP contribution in [0.1, 0.15) is 13.3 Å². The summed E-state index contributed by atoms with van der Waals surface area (Å²) in [5.74, 6) is -1.31. The van der Waals surface area contributed by atoms with Crippen LogP contribution in [-0.2, 0) is 28.5 Å². The van der Waals surface area contributed by atoms with Gasteiger partial charge in [-0.25, -0.2) is 4.79 Å². The van der Waals surface area contributed by atoms with Crippen molar-refractivity contribution in [1.29, 1.82) is 0 Å². The van der Waals surface area contributed by atoms with Crippen molar-refractivity contribution in [2.75, 3.05) is 20.3 Å². The molecule has 2 fully saturated rings. The molecule has 0 aromatic carbocycles. The Balaban J connectivity index is 1.72. The van der Waals surface area contributed by atoms with Gasteiger partial charge in [-0.1, -0.05) is 0 Å². The SMILES string of the molecule is COC(=O)C1=CO[C@@H](CO[C@@H]2O[C@H](CO)[C@@H](O)[C@H](O)[C@H]2O)[C@@H]2[C@H](C)O[C@@H](O)C[C@H]12. The molecule has 3 aliphatic heterocycles. The first-order chi connectivity index (χ1) is 13.8. The molecule has 2 saturated heterocycles. The van der Waals surface area contributed by atoms with Crippen LogP contribution in [0.5, 0.6) is 0 Å². The Kier molecular flexibility index (Phi) is 7.12. The van der Waals surface area contributed by atoms with Crippen molar-refractivity contribution in [3.8, 4) is 0 Å². The van der Waals surface area contributed by atoms with Gasteiger partial charge in [0.1, 0.15) is 30.5 Å². The summed E-state index contributed by atoms with van der Waals surface area (Å²) in [5.41, 5.74) is 0.288. The van der Waals surface area contributed by atoms with Crippen LogP contribution in [-0.4, -0.2) is 101 Å². The number of carbonyl (C=O) groups is 1. The summed E-state index contributed by atoms with van der Waals surface area (Å²) in [6.45, 7) is 1.08. The molecule has 3 rings (SSSR count). The first kappa shape index (κ1) is 22.4. The highest BCUT2D eigenvalue weighted by Crippen LogP contribution is 2.41. The van der Waals surface area contributed by atoms with Crippen molar-refractivity contribution in [1.82, 2.24) is 0 Å². The molecule has 3 aliphatic rings. The standard InChI is InChI=1S/C18H28O11/c1-7-13-8(3-12(20)28-7)9(17(24)25-2)5-26-11(13)6-27-18-16(23)15(22)14(21)10(4-19)29-18/h5,7-8,10-16,18-23H,3-4,6H2,1-2H3/t7-,8+,10+,11-,12+,13+,14+,15-,16+,18+/m0/s1. The van der Waals surface area contributed by atoms with Crippen LogP contribution in [0.4, 0.5) is 0 Å². The Morgan fingerprint density at radius 2 is 1.86 bits per heavy atom. The summed E-state index contributed by atoms with van der Waals surface area (Å²) >= 11 is 0. The lowest BCUT2D eigenvalue weighted by molar-refractivity contribution is -0.308.